The fraction of sp³-hybridized carbons (Fsp3) is 0.300. The summed E-state index contributed by atoms with van der Waals surface area (Å²) in [7, 11) is 0. The normalized spacial score (nSPS) is 16.3. The molecule has 1 atom stereocenters. The van der Waals surface area contributed by atoms with Gasteiger partial charge in [-0.1, -0.05) is 17.7 Å². The molecule has 1 aliphatic rings. The average molecular weight is 388 g/mol. The Morgan fingerprint density at radius 3 is 2.70 bits per heavy atom. The minimum absolute atomic E-state index is 0.0246. The molecule has 0 unspecified atom stereocenters. The second-order valence-electron chi connectivity index (χ2n) is 6.39. The molecule has 0 aliphatic carbocycles. The van der Waals surface area contributed by atoms with E-state index < -0.39 is 0 Å². The third-order valence-electron chi connectivity index (χ3n) is 4.37. The standard InChI is InChI=1S/C20H22ClN3O3/c1-3-27-17-8-6-16(7-9-17)24-12-15(11-19(24)25)22-20(26)23-18-10-14(21)5-4-13(18)2/h4-10,15H,3,11-12H2,1-2H3,(H2,22,23,26)/t15-/m1/s1. The smallest absolute Gasteiger partial charge is 0.319 e. The Kier molecular flexibility index (Phi) is 5.86. The van der Waals surface area contributed by atoms with Crippen molar-refractivity contribution >= 4 is 34.9 Å². The van der Waals surface area contributed by atoms with Gasteiger partial charge in [0.2, 0.25) is 5.91 Å². The van der Waals surface area contributed by atoms with Gasteiger partial charge < -0.3 is 20.3 Å². The van der Waals surface area contributed by atoms with Crippen molar-refractivity contribution in [1.82, 2.24) is 5.32 Å². The van der Waals surface area contributed by atoms with E-state index in [2.05, 4.69) is 10.6 Å². The number of urea groups is 1. The maximum absolute atomic E-state index is 12.3. The molecule has 2 aromatic rings. The van der Waals surface area contributed by atoms with Crippen LogP contribution in [-0.2, 0) is 4.79 Å². The molecule has 1 fully saturated rings. The number of benzene rings is 2. The Bertz CT molecular complexity index is 839. The number of hydrogen-bond acceptors (Lipinski definition) is 3. The highest BCUT2D eigenvalue weighted by Crippen LogP contribution is 2.25. The van der Waals surface area contributed by atoms with Crippen LogP contribution in [-0.4, -0.2) is 31.1 Å². The number of anilines is 2. The van der Waals surface area contributed by atoms with Crippen molar-refractivity contribution in [2.75, 3.05) is 23.4 Å². The summed E-state index contributed by atoms with van der Waals surface area (Å²) in [6, 6.07) is 12.1. The summed E-state index contributed by atoms with van der Waals surface area (Å²) in [4.78, 5) is 26.3. The number of rotatable bonds is 5. The Hall–Kier alpha value is -2.73. The molecule has 0 radical (unpaired) electrons. The molecular weight excluding hydrogens is 366 g/mol. The van der Waals surface area contributed by atoms with Gasteiger partial charge in [0.25, 0.3) is 0 Å². The molecule has 1 heterocycles. The Labute approximate surface area is 163 Å². The van der Waals surface area contributed by atoms with Crippen LogP contribution < -0.4 is 20.3 Å². The van der Waals surface area contributed by atoms with Gasteiger partial charge in [-0.3, -0.25) is 4.79 Å². The maximum atomic E-state index is 12.3. The highest BCUT2D eigenvalue weighted by atomic mass is 35.5. The lowest BCUT2D eigenvalue weighted by Gasteiger charge is -2.18. The first-order valence-electron chi connectivity index (χ1n) is 8.83. The molecule has 0 bridgehead atoms. The van der Waals surface area contributed by atoms with Crippen molar-refractivity contribution < 1.29 is 14.3 Å². The van der Waals surface area contributed by atoms with Gasteiger partial charge in [-0.05, 0) is 55.8 Å². The van der Waals surface area contributed by atoms with Gasteiger partial charge in [0.15, 0.2) is 0 Å². The Morgan fingerprint density at radius 1 is 1.26 bits per heavy atom. The summed E-state index contributed by atoms with van der Waals surface area (Å²) in [5, 5.41) is 6.19. The molecule has 7 heteroatoms. The lowest BCUT2D eigenvalue weighted by atomic mass is 10.2. The summed E-state index contributed by atoms with van der Waals surface area (Å²) in [5.41, 5.74) is 2.35. The average Bonchev–Trinajstić information content (AvgIpc) is 2.99. The zero-order valence-corrected chi connectivity index (χ0v) is 16.0. The minimum atomic E-state index is -0.355. The third kappa shape index (κ3) is 4.71. The molecule has 142 valence electrons. The van der Waals surface area contributed by atoms with Gasteiger partial charge >= 0.3 is 6.03 Å². The van der Waals surface area contributed by atoms with E-state index in [-0.39, 0.29) is 24.4 Å². The molecule has 1 saturated heterocycles. The van der Waals surface area contributed by atoms with Crippen molar-refractivity contribution in [3.8, 4) is 5.75 Å². The molecule has 3 amide bonds. The number of aryl methyl sites for hydroxylation is 1. The molecule has 2 aromatic carbocycles. The highest BCUT2D eigenvalue weighted by Gasteiger charge is 2.31. The van der Waals surface area contributed by atoms with Crippen molar-refractivity contribution in [2.24, 2.45) is 0 Å². The summed E-state index contributed by atoms with van der Waals surface area (Å²) in [5.74, 6) is 0.738. The highest BCUT2D eigenvalue weighted by molar-refractivity contribution is 6.31. The topological polar surface area (TPSA) is 70.7 Å². The summed E-state index contributed by atoms with van der Waals surface area (Å²) < 4.78 is 5.42. The van der Waals surface area contributed by atoms with E-state index in [0.717, 1.165) is 17.0 Å². The van der Waals surface area contributed by atoms with Crippen LogP contribution in [0.15, 0.2) is 42.5 Å². The zero-order valence-electron chi connectivity index (χ0n) is 15.3. The zero-order chi connectivity index (χ0) is 19.4. The molecule has 2 N–H and O–H groups in total. The molecule has 0 aromatic heterocycles. The first kappa shape index (κ1) is 19.0. The van der Waals surface area contributed by atoms with Crippen LogP contribution >= 0.6 is 11.6 Å². The lowest BCUT2D eigenvalue weighted by molar-refractivity contribution is -0.117. The number of carbonyl (C=O) groups excluding carboxylic acids is 2. The Balaban J connectivity index is 1.60. The van der Waals surface area contributed by atoms with Crippen LogP contribution in [0, 0.1) is 6.92 Å². The molecule has 0 spiro atoms. The van der Waals surface area contributed by atoms with Gasteiger partial charge in [-0.2, -0.15) is 0 Å². The largest absolute Gasteiger partial charge is 0.494 e. The molecule has 1 aliphatic heterocycles. The van der Waals surface area contributed by atoms with E-state index in [1.165, 1.54) is 0 Å². The second-order valence-corrected chi connectivity index (χ2v) is 6.83. The fourth-order valence-corrected chi connectivity index (χ4v) is 3.19. The predicted octanol–water partition coefficient (Wildman–Crippen LogP) is 3.97. The van der Waals surface area contributed by atoms with Crippen LogP contribution in [0.4, 0.5) is 16.2 Å². The number of halogens is 1. The maximum Gasteiger partial charge on any atom is 0.319 e. The van der Waals surface area contributed by atoms with Gasteiger partial charge in [-0.15, -0.1) is 0 Å². The number of nitrogens with one attached hydrogen (secondary N) is 2. The van der Waals surface area contributed by atoms with E-state index in [9.17, 15) is 9.59 Å². The van der Waals surface area contributed by atoms with Crippen molar-refractivity contribution in [3.63, 3.8) is 0 Å². The van der Waals surface area contributed by atoms with Crippen LogP contribution in [0.5, 0.6) is 5.75 Å². The first-order valence-corrected chi connectivity index (χ1v) is 9.21. The van der Waals surface area contributed by atoms with Gasteiger partial charge in [0.05, 0.1) is 12.6 Å². The van der Waals surface area contributed by atoms with Gasteiger partial charge in [-0.25, -0.2) is 4.79 Å². The predicted molar refractivity (Wildman–Crippen MR) is 107 cm³/mol. The monoisotopic (exact) mass is 387 g/mol. The number of nitrogens with zero attached hydrogens (tertiary/aromatic N) is 1. The van der Waals surface area contributed by atoms with Gasteiger partial charge in [0.1, 0.15) is 5.75 Å². The molecule has 27 heavy (non-hydrogen) atoms. The number of ether oxygens (including phenoxy) is 1. The van der Waals surface area contributed by atoms with Crippen LogP contribution in [0.3, 0.4) is 0 Å². The summed E-state index contributed by atoms with van der Waals surface area (Å²) in [6.45, 7) is 4.83. The number of amides is 3. The first-order chi connectivity index (χ1) is 13.0. The molecule has 3 rings (SSSR count). The summed E-state index contributed by atoms with van der Waals surface area (Å²) >= 11 is 5.98. The van der Waals surface area contributed by atoms with E-state index in [1.54, 1.807) is 17.0 Å². The second kappa shape index (κ2) is 8.31. The van der Waals surface area contributed by atoms with Crippen molar-refractivity contribution in [3.05, 3.63) is 53.1 Å². The summed E-state index contributed by atoms with van der Waals surface area (Å²) in [6.07, 6.45) is 0.259. The van der Waals surface area contributed by atoms with Crippen LogP contribution in [0.2, 0.25) is 5.02 Å². The number of carbonyl (C=O) groups is 2. The minimum Gasteiger partial charge on any atom is -0.494 e. The fourth-order valence-electron chi connectivity index (χ4n) is 3.02. The van der Waals surface area contributed by atoms with Crippen molar-refractivity contribution in [2.45, 2.75) is 26.3 Å². The molecule has 6 nitrogen and oxygen atoms in total. The van der Waals surface area contributed by atoms with E-state index in [1.807, 2.05) is 44.2 Å². The van der Waals surface area contributed by atoms with Gasteiger partial charge in [0, 0.05) is 29.4 Å². The quantitative estimate of drug-likeness (QED) is 0.815. The van der Waals surface area contributed by atoms with E-state index >= 15 is 0 Å². The lowest BCUT2D eigenvalue weighted by Crippen LogP contribution is -2.39. The SMILES string of the molecule is CCOc1ccc(N2C[C@H](NC(=O)Nc3cc(Cl)ccc3C)CC2=O)cc1. The van der Waals surface area contributed by atoms with E-state index in [0.29, 0.717) is 23.9 Å². The van der Waals surface area contributed by atoms with Crippen LogP contribution in [0.1, 0.15) is 18.9 Å². The Morgan fingerprint density at radius 2 is 2.00 bits per heavy atom. The third-order valence-corrected chi connectivity index (χ3v) is 4.60. The van der Waals surface area contributed by atoms with Crippen LogP contribution in [0.25, 0.3) is 0 Å². The molecule has 0 saturated carbocycles. The van der Waals surface area contributed by atoms with E-state index in [4.69, 9.17) is 16.3 Å². The van der Waals surface area contributed by atoms with Crippen molar-refractivity contribution in [1.29, 1.82) is 0 Å². The molecular formula is C20H22ClN3O3. The number of hydrogen-bond donors (Lipinski definition) is 2.